The zero-order chi connectivity index (χ0) is 16.8. The number of pyridine rings is 2. The maximum atomic E-state index is 12.3. The number of anilines is 1. The molecule has 24 heavy (non-hydrogen) atoms. The second kappa shape index (κ2) is 7.23. The van der Waals surface area contributed by atoms with Gasteiger partial charge in [-0.1, -0.05) is 12.1 Å². The predicted octanol–water partition coefficient (Wildman–Crippen LogP) is 3.53. The van der Waals surface area contributed by atoms with Crippen molar-refractivity contribution in [3.63, 3.8) is 0 Å². The number of benzene rings is 1. The second-order valence-corrected chi connectivity index (χ2v) is 4.84. The summed E-state index contributed by atoms with van der Waals surface area (Å²) >= 11 is 0. The highest BCUT2D eigenvalue weighted by atomic mass is 16.5. The molecule has 0 saturated carbocycles. The summed E-state index contributed by atoms with van der Waals surface area (Å²) in [5, 5.41) is 2.78. The van der Waals surface area contributed by atoms with Crippen LogP contribution in [0.4, 0.5) is 5.69 Å². The normalized spacial score (nSPS) is 10.0. The van der Waals surface area contributed by atoms with Gasteiger partial charge < -0.3 is 14.8 Å². The first-order valence-corrected chi connectivity index (χ1v) is 7.25. The molecule has 0 saturated heterocycles. The lowest BCUT2D eigenvalue weighted by molar-refractivity contribution is 0.102. The molecule has 0 unspecified atom stereocenters. The summed E-state index contributed by atoms with van der Waals surface area (Å²) in [6, 6.07) is 15.7. The van der Waals surface area contributed by atoms with E-state index in [1.54, 1.807) is 67.0 Å². The van der Waals surface area contributed by atoms with Gasteiger partial charge >= 0.3 is 0 Å². The molecule has 1 amide bonds. The fraction of sp³-hybridized carbons (Fsp3) is 0.0556. The van der Waals surface area contributed by atoms with Crippen LogP contribution < -0.4 is 14.8 Å². The quantitative estimate of drug-likeness (QED) is 0.778. The van der Waals surface area contributed by atoms with Crippen molar-refractivity contribution in [3.8, 4) is 17.4 Å². The van der Waals surface area contributed by atoms with Gasteiger partial charge in [0.15, 0.2) is 0 Å². The first-order chi connectivity index (χ1) is 11.7. The minimum Gasteiger partial charge on any atom is -0.481 e. The second-order valence-electron chi connectivity index (χ2n) is 4.84. The van der Waals surface area contributed by atoms with E-state index >= 15 is 0 Å². The van der Waals surface area contributed by atoms with Gasteiger partial charge in [0, 0.05) is 24.0 Å². The molecular formula is C18H15N3O3. The van der Waals surface area contributed by atoms with Gasteiger partial charge in [0.1, 0.15) is 17.2 Å². The highest BCUT2D eigenvalue weighted by Crippen LogP contribution is 2.23. The van der Waals surface area contributed by atoms with Crippen molar-refractivity contribution in [2.75, 3.05) is 12.4 Å². The van der Waals surface area contributed by atoms with E-state index in [1.165, 1.54) is 7.11 Å². The van der Waals surface area contributed by atoms with E-state index in [-0.39, 0.29) is 11.6 Å². The van der Waals surface area contributed by atoms with Crippen LogP contribution in [0.3, 0.4) is 0 Å². The van der Waals surface area contributed by atoms with E-state index in [2.05, 4.69) is 15.3 Å². The van der Waals surface area contributed by atoms with Gasteiger partial charge in [-0.2, -0.15) is 0 Å². The summed E-state index contributed by atoms with van der Waals surface area (Å²) in [6.45, 7) is 0. The van der Waals surface area contributed by atoms with E-state index in [0.717, 1.165) is 0 Å². The van der Waals surface area contributed by atoms with Crippen LogP contribution >= 0.6 is 0 Å². The number of hydrogen-bond acceptors (Lipinski definition) is 5. The third kappa shape index (κ3) is 3.86. The lowest BCUT2D eigenvalue weighted by Crippen LogP contribution is -2.13. The van der Waals surface area contributed by atoms with Crippen LogP contribution in [-0.4, -0.2) is 23.0 Å². The van der Waals surface area contributed by atoms with E-state index in [4.69, 9.17) is 9.47 Å². The molecule has 3 aromatic rings. The fourth-order valence-corrected chi connectivity index (χ4v) is 2.03. The summed E-state index contributed by atoms with van der Waals surface area (Å²) in [4.78, 5) is 20.4. The molecule has 0 radical (unpaired) electrons. The number of carbonyl (C=O) groups is 1. The SMILES string of the molecule is COc1cccc(C(=O)Nc2cccc(Oc3cccnc3)c2)n1. The average molecular weight is 321 g/mol. The zero-order valence-corrected chi connectivity index (χ0v) is 13.0. The lowest BCUT2D eigenvalue weighted by atomic mass is 10.2. The van der Waals surface area contributed by atoms with Crippen molar-refractivity contribution in [2.45, 2.75) is 0 Å². The molecule has 2 heterocycles. The number of aromatic nitrogens is 2. The van der Waals surface area contributed by atoms with Crippen LogP contribution in [0.25, 0.3) is 0 Å². The molecule has 0 aliphatic carbocycles. The highest BCUT2D eigenvalue weighted by Gasteiger charge is 2.09. The summed E-state index contributed by atoms with van der Waals surface area (Å²) in [5.41, 5.74) is 0.874. The molecule has 6 heteroatoms. The Hall–Kier alpha value is -3.41. The Balaban J connectivity index is 1.73. The third-order valence-corrected chi connectivity index (χ3v) is 3.13. The van der Waals surface area contributed by atoms with Crippen molar-refractivity contribution >= 4 is 11.6 Å². The molecule has 0 aliphatic rings. The smallest absolute Gasteiger partial charge is 0.274 e. The van der Waals surface area contributed by atoms with Crippen molar-refractivity contribution in [3.05, 3.63) is 72.7 Å². The van der Waals surface area contributed by atoms with Gasteiger partial charge in [-0.05, 0) is 30.3 Å². The van der Waals surface area contributed by atoms with Gasteiger partial charge in [0.05, 0.1) is 13.3 Å². The molecule has 6 nitrogen and oxygen atoms in total. The minimum absolute atomic E-state index is 0.271. The molecule has 1 N–H and O–H groups in total. The number of amides is 1. The number of nitrogens with zero attached hydrogens (tertiary/aromatic N) is 2. The molecule has 0 aliphatic heterocycles. The van der Waals surface area contributed by atoms with E-state index in [9.17, 15) is 4.79 Å². The molecular weight excluding hydrogens is 306 g/mol. The molecule has 0 bridgehead atoms. The average Bonchev–Trinajstić information content (AvgIpc) is 2.63. The number of rotatable bonds is 5. The first-order valence-electron chi connectivity index (χ1n) is 7.25. The Morgan fingerprint density at radius 2 is 1.88 bits per heavy atom. The van der Waals surface area contributed by atoms with Gasteiger partial charge in [0.25, 0.3) is 5.91 Å². The zero-order valence-electron chi connectivity index (χ0n) is 13.0. The maximum absolute atomic E-state index is 12.3. The summed E-state index contributed by atoms with van der Waals surface area (Å²) in [5.74, 6) is 1.28. The minimum atomic E-state index is -0.326. The summed E-state index contributed by atoms with van der Waals surface area (Å²) in [6.07, 6.45) is 3.29. The maximum Gasteiger partial charge on any atom is 0.274 e. The first kappa shape index (κ1) is 15.5. The Kier molecular flexibility index (Phi) is 4.67. The van der Waals surface area contributed by atoms with Crippen LogP contribution in [0.2, 0.25) is 0 Å². The van der Waals surface area contributed by atoms with Crippen molar-refractivity contribution < 1.29 is 14.3 Å². The van der Waals surface area contributed by atoms with Crippen molar-refractivity contribution in [1.82, 2.24) is 9.97 Å². The number of hydrogen-bond donors (Lipinski definition) is 1. The molecule has 2 aromatic heterocycles. The Morgan fingerprint density at radius 1 is 1.04 bits per heavy atom. The molecule has 0 fully saturated rings. The van der Waals surface area contributed by atoms with Gasteiger partial charge in [0.2, 0.25) is 5.88 Å². The van der Waals surface area contributed by atoms with Gasteiger partial charge in [-0.3, -0.25) is 9.78 Å². The fourth-order valence-electron chi connectivity index (χ4n) is 2.03. The van der Waals surface area contributed by atoms with Crippen molar-refractivity contribution in [1.29, 1.82) is 0 Å². The Labute approximate surface area is 139 Å². The Morgan fingerprint density at radius 3 is 2.67 bits per heavy atom. The van der Waals surface area contributed by atoms with E-state index < -0.39 is 0 Å². The van der Waals surface area contributed by atoms with Crippen molar-refractivity contribution in [2.24, 2.45) is 0 Å². The van der Waals surface area contributed by atoms with Crippen LogP contribution in [-0.2, 0) is 0 Å². The number of methoxy groups -OCH3 is 1. The van der Waals surface area contributed by atoms with Crippen LogP contribution in [0.15, 0.2) is 67.0 Å². The predicted molar refractivity (Wildman–Crippen MR) is 89.5 cm³/mol. The monoisotopic (exact) mass is 321 g/mol. The molecule has 0 spiro atoms. The van der Waals surface area contributed by atoms with E-state index in [0.29, 0.717) is 23.1 Å². The van der Waals surface area contributed by atoms with Gasteiger partial charge in [-0.25, -0.2) is 4.98 Å². The molecule has 0 atom stereocenters. The third-order valence-electron chi connectivity index (χ3n) is 3.13. The van der Waals surface area contributed by atoms with E-state index in [1.807, 2.05) is 0 Å². The summed E-state index contributed by atoms with van der Waals surface area (Å²) < 4.78 is 10.7. The summed E-state index contributed by atoms with van der Waals surface area (Å²) in [7, 11) is 1.50. The standard InChI is InChI=1S/C18H15N3O3/c1-23-17-9-3-8-16(21-17)18(22)20-13-5-2-6-14(11-13)24-15-7-4-10-19-12-15/h2-12H,1H3,(H,20,22). The largest absolute Gasteiger partial charge is 0.481 e. The molecule has 3 rings (SSSR count). The Bertz CT molecular complexity index is 838. The van der Waals surface area contributed by atoms with Crippen LogP contribution in [0.1, 0.15) is 10.5 Å². The lowest BCUT2D eigenvalue weighted by Gasteiger charge is -2.09. The highest BCUT2D eigenvalue weighted by molar-refractivity contribution is 6.03. The molecule has 120 valence electrons. The van der Waals surface area contributed by atoms with Gasteiger partial charge in [-0.15, -0.1) is 0 Å². The topological polar surface area (TPSA) is 73.3 Å². The number of ether oxygens (including phenoxy) is 2. The van der Waals surface area contributed by atoms with Crippen LogP contribution in [0.5, 0.6) is 17.4 Å². The number of nitrogens with one attached hydrogen (secondary N) is 1. The molecule has 1 aromatic carbocycles. The van der Waals surface area contributed by atoms with Crippen LogP contribution in [0, 0.1) is 0 Å². The number of carbonyl (C=O) groups excluding carboxylic acids is 1.